The number of aromatic hydroxyl groups is 1. The van der Waals surface area contributed by atoms with Gasteiger partial charge in [0.25, 0.3) is 11.8 Å². The number of anilines is 2. The summed E-state index contributed by atoms with van der Waals surface area (Å²) in [6, 6.07) is 26.4. The first kappa shape index (κ1) is 35.3. The summed E-state index contributed by atoms with van der Waals surface area (Å²) in [5.74, 6) is -1.44. The van der Waals surface area contributed by atoms with Crippen LogP contribution in [0, 0.1) is 0 Å². The van der Waals surface area contributed by atoms with E-state index in [1.165, 1.54) is 37.1 Å². The number of phenolic OH excluding ortho intramolecular Hbond substituents is 1. The molecule has 1 unspecified atom stereocenters. The lowest BCUT2D eigenvalue weighted by molar-refractivity contribution is -0.115. The number of ether oxygens (including phenoxy) is 2. The van der Waals surface area contributed by atoms with Crippen LogP contribution in [0.25, 0.3) is 6.08 Å². The van der Waals surface area contributed by atoms with Gasteiger partial charge in [0.15, 0.2) is 0 Å². The smallest absolute Gasteiger partial charge is 0.338 e. The zero-order valence-electron chi connectivity index (χ0n) is 26.8. The number of benzene rings is 4. The fourth-order valence-corrected chi connectivity index (χ4v) is 5.27. The molecule has 4 N–H and O–H groups in total. The molecule has 4 rings (SSSR count). The first-order valence-electron chi connectivity index (χ1n) is 15.3. The second kappa shape index (κ2) is 17.4. The van der Waals surface area contributed by atoms with Gasteiger partial charge in [0.1, 0.15) is 17.2 Å². The van der Waals surface area contributed by atoms with Crippen molar-refractivity contribution >= 4 is 52.9 Å². The van der Waals surface area contributed by atoms with Crippen LogP contribution in [0.4, 0.5) is 11.4 Å². The highest BCUT2D eigenvalue weighted by molar-refractivity contribution is 8.00. The Kier molecular flexibility index (Phi) is 12.8. The predicted octanol–water partition coefficient (Wildman–Crippen LogP) is 6.89. The van der Waals surface area contributed by atoms with Crippen LogP contribution < -0.4 is 20.7 Å². The Balaban J connectivity index is 1.44. The average molecular weight is 668 g/mol. The first-order chi connectivity index (χ1) is 23.2. The van der Waals surface area contributed by atoms with Crippen LogP contribution >= 0.6 is 11.8 Å². The second-order valence-electron chi connectivity index (χ2n) is 10.6. The highest BCUT2D eigenvalue weighted by atomic mass is 32.2. The molecule has 0 aliphatic rings. The summed E-state index contributed by atoms with van der Waals surface area (Å²) >= 11 is 1.29. The zero-order chi connectivity index (χ0) is 34.5. The molecule has 0 radical (unpaired) electrons. The number of nitrogens with one attached hydrogen (secondary N) is 3. The summed E-state index contributed by atoms with van der Waals surface area (Å²) in [5, 5.41) is 17.7. The van der Waals surface area contributed by atoms with Crippen molar-refractivity contribution in [3.63, 3.8) is 0 Å². The predicted molar refractivity (Wildman–Crippen MR) is 187 cm³/mol. The highest BCUT2D eigenvalue weighted by Crippen LogP contribution is 2.28. The molecule has 4 aromatic carbocycles. The fourth-order valence-electron chi connectivity index (χ4n) is 4.35. The van der Waals surface area contributed by atoms with Crippen molar-refractivity contribution < 1.29 is 33.8 Å². The maximum Gasteiger partial charge on any atom is 0.338 e. The van der Waals surface area contributed by atoms with E-state index in [1.54, 1.807) is 85.8 Å². The zero-order valence-corrected chi connectivity index (χ0v) is 27.6. The molecule has 0 aromatic heterocycles. The average Bonchev–Trinajstić information content (AvgIpc) is 3.09. The molecule has 4 aromatic rings. The molecule has 0 bridgehead atoms. The molecule has 1 atom stereocenters. The van der Waals surface area contributed by atoms with E-state index in [-0.39, 0.29) is 17.4 Å². The summed E-state index contributed by atoms with van der Waals surface area (Å²) in [4.78, 5) is 52.4. The topological polar surface area (TPSA) is 143 Å². The van der Waals surface area contributed by atoms with Gasteiger partial charge < -0.3 is 30.5 Å². The Morgan fingerprint density at radius 1 is 0.854 bits per heavy atom. The van der Waals surface area contributed by atoms with Gasteiger partial charge in [0.2, 0.25) is 5.91 Å². The van der Waals surface area contributed by atoms with E-state index in [9.17, 15) is 24.3 Å². The minimum Gasteiger partial charge on any atom is -0.508 e. The molecule has 0 heterocycles. The third kappa shape index (κ3) is 10.2. The van der Waals surface area contributed by atoms with Gasteiger partial charge in [-0.05, 0) is 86.2 Å². The molecule has 0 saturated heterocycles. The summed E-state index contributed by atoms with van der Waals surface area (Å²) < 4.78 is 10.6. The van der Waals surface area contributed by atoms with E-state index in [0.717, 1.165) is 17.7 Å². The molecule has 10 nitrogen and oxygen atoms in total. The number of carbonyl (C=O) groups excluding carboxylic acids is 4. The van der Waals surface area contributed by atoms with Crippen molar-refractivity contribution in [3.8, 4) is 11.5 Å². The number of hydrogen-bond acceptors (Lipinski definition) is 8. The first-order valence-corrected chi connectivity index (χ1v) is 16.2. The minimum atomic E-state index is -0.597. The lowest BCUT2D eigenvalue weighted by Gasteiger charge is -2.15. The SMILES string of the molecule is CCCCOC(=O)c1ccc(NC(=O)C(C)Sc2cccc(NC(=O)/C(=C\c3ccc(O)cc3OC)NC(=O)c3ccccc3)c2)cc1. The molecule has 248 valence electrons. The van der Waals surface area contributed by atoms with Crippen LogP contribution in [-0.4, -0.2) is 47.8 Å². The number of thioether (sulfide) groups is 1. The molecule has 0 aliphatic carbocycles. The number of carbonyl (C=O) groups is 4. The molecule has 3 amide bonds. The van der Waals surface area contributed by atoms with Gasteiger partial charge in [-0.15, -0.1) is 11.8 Å². The van der Waals surface area contributed by atoms with Crippen molar-refractivity contribution in [1.29, 1.82) is 0 Å². The third-order valence-corrected chi connectivity index (χ3v) is 8.03. The van der Waals surface area contributed by atoms with Crippen LogP contribution in [0.2, 0.25) is 0 Å². The van der Waals surface area contributed by atoms with Crippen LogP contribution in [0.5, 0.6) is 11.5 Å². The maximum atomic E-state index is 13.5. The van der Waals surface area contributed by atoms with Gasteiger partial charge in [-0.2, -0.15) is 0 Å². The lowest BCUT2D eigenvalue weighted by Crippen LogP contribution is -2.30. The van der Waals surface area contributed by atoms with Crippen LogP contribution in [-0.2, 0) is 14.3 Å². The van der Waals surface area contributed by atoms with Crippen molar-refractivity contribution in [3.05, 3.63) is 119 Å². The molecule has 0 aliphatic heterocycles. The maximum absolute atomic E-state index is 13.5. The van der Waals surface area contributed by atoms with Gasteiger partial charge >= 0.3 is 5.97 Å². The Morgan fingerprint density at radius 3 is 2.31 bits per heavy atom. The highest BCUT2D eigenvalue weighted by Gasteiger charge is 2.18. The largest absolute Gasteiger partial charge is 0.508 e. The fraction of sp³-hybridized carbons (Fsp3) is 0.189. The third-order valence-electron chi connectivity index (χ3n) is 6.94. The number of methoxy groups -OCH3 is 1. The van der Waals surface area contributed by atoms with Crippen molar-refractivity contribution in [2.75, 3.05) is 24.4 Å². The van der Waals surface area contributed by atoms with Crippen LogP contribution in [0.15, 0.2) is 108 Å². The number of unbranched alkanes of at least 4 members (excludes halogenated alkanes) is 1. The summed E-state index contributed by atoms with van der Waals surface area (Å²) in [7, 11) is 1.43. The van der Waals surface area contributed by atoms with Crippen LogP contribution in [0.3, 0.4) is 0 Å². The van der Waals surface area contributed by atoms with Crippen molar-refractivity contribution in [2.45, 2.75) is 36.8 Å². The molecular weight excluding hydrogens is 630 g/mol. The summed E-state index contributed by atoms with van der Waals surface area (Å²) in [6.07, 6.45) is 3.19. The van der Waals surface area contributed by atoms with Gasteiger partial charge in [0, 0.05) is 33.5 Å². The van der Waals surface area contributed by atoms with Gasteiger partial charge in [-0.1, -0.05) is 37.6 Å². The molecule has 0 saturated carbocycles. The van der Waals surface area contributed by atoms with E-state index in [0.29, 0.717) is 40.4 Å². The minimum absolute atomic E-state index is 0.0155. The number of rotatable bonds is 14. The van der Waals surface area contributed by atoms with Crippen LogP contribution in [0.1, 0.15) is 53.0 Å². The quantitative estimate of drug-likeness (QED) is 0.0493. The van der Waals surface area contributed by atoms with E-state index in [2.05, 4.69) is 16.0 Å². The van der Waals surface area contributed by atoms with E-state index < -0.39 is 23.0 Å². The summed E-state index contributed by atoms with van der Waals surface area (Å²) in [6.45, 7) is 4.14. The Labute approximate surface area is 283 Å². The normalized spacial score (nSPS) is 11.6. The van der Waals surface area contributed by atoms with Crippen molar-refractivity contribution in [1.82, 2.24) is 5.32 Å². The number of esters is 1. The second-order valence-corrected chi connectivity index (χ2v) is 12.0. The standard InChI is InChI=1S/C37H37N3O7S/c1-4-5-20-47-37(45)26-14-17-28(18-15-26)38-34(42)24(2)48-31-13-9-12-29(22-31)39-36(44)32(40-35(43)25-10-7-6-8-11-25)21-27-16-19-30(41)23-33(27)46-3/h6-19,21-24,41H,4-5,20H2,1-3H3,(H,38,42)(H,39,44)(H,40,43)/b32-21+. The lowest BCUT2D eigenvalue weighted by atomic mass is 10.1. The van der Waals surface area contributed by atoms with Gasteiger partial charge in [-0.3, -0.25) is 14.4 Å². The number of phenols is 1. The molecule has 0 spiro atoms. The number of hydrogen-bond donors (Lipinski definition) is 4. The van der Waals surface area contributed by atoms with Crippen molar-refractivity contribution in [2.24, 2.45) is 0 Å². The monoisotopic (exact) mass is 667 g/mol. The molecular formula is C37H37N3O7S. The van der Waals surface area contributed by atoms with Gasteiger partial charge in [-0.25, -0.2) is 4.79 Å². The molecule has 11 heteroatoms. The number of amides is 3. The summed E-state index contributed by atoms with van der Waals surface area (Å²) in [5.41, 5.74) is 2.15. The van der Waals surface area contributed by atoms with E-state index in [1.807, 2.05) is 13.0 Å². The Hall–Kier alpha value is -5.55. The van der Waals surface area contributed by atoms with E-state index >= 15 is 0 Å². The van der Waals surface area contributed by atoms with Gasteiger partial charge in [0.05, 0.1) is 24.5 Å². The molecule has 0 fully saturated rings. The van der Waals surface area contributed by atoms with E-state index in [4.69, 9.17) is 9.47 Å². The Morgan fingerprint density at radius 2 is 1.60 bits per heavy atom. The molecule has 48 heavy (non-hydrogen) atoms. The Bertz CT molecular complexity index is 1780.